The first-order valence-corrected chi connectivity index (χ1v) is 9.58. The van der Waals surface area contributed by atoms with Crippen LogP contribution >= 0.6 is 11.3 Å². The molecule has 134 valence electrons. The van der Waals surface area contributed by atoms with Gasteiger partial charge in [0, 0.05) is 37.6 Å². The second-order valence-corrected chi connectivity index (χ2v) is 7.80. The highest BCUT2D eigenvalue weighted by atomic mass is 32.1. The number of rotatable bonds is 6. The molecule has 0 unspecified atom stereocenters. The maximum atomic E-state index is 12.4. The van der Waals surface area contributed by atoms with E-state index in [1.54, 1.807) is 29.5 Å². The van der Waals surface area contributed by atoms with Crippen LogP contribution in [0.5, 0.6) is 0 Å². The third kappa shape index (κ3) is 4.80. The summed E-state index contributed by atoms with van der Waals surface area (Å²) in [5, 5.41) is 13.0. The van der Waals surface area contributed by atoms with Gasteiger partial charge in [-0.05, 0) is 42.8 Å². The third-order valence-corrected chi connectivity index (χ3v) is 5.59. The largest absolute Gasteiger partial charge is 0.386 e. The van der Waals surface area contributed by atoms with E-state index in [-0.39, 0.29) is 5.91 Å². The van der Waals surface area contributed by atoms with E-state index in [0.717, 1.165) is 25.2 Å². The van der Waals surface area contributed by atoms with E-state index in [1.807, 2.05) is 29.6 Å². The minimum Gasteiger partial charge on any atom is -0.386 e. The van der Waals surface area contributed by atoms with Gasteiger partial charge in [0.2, 0.25) is 5.91 Å². The Labute approximate surface area is 152 Å². The van der Waals surface area contributed by atoms with Gasteiger partial charge < -0.3 is 14.9 Å². The Kier molecular flexibility index (Phi) is 5.71. The number of hydrogen-bond donors (Lipinski definition) is 1. The summed E-state index contributed by atoms with van der Waals surface area (Å²) in [6.07, 6.45) is 4.61. The molecule has 1 aliphatic heterocycles. The van der Waals surface area contributed by atoms with Crippen LogP contribution in [-0.2, 0) is 11.2 Å². The Balaban J connectivity index is 1.55. The number of piperidine rings is 1. The minimum absolute atomic E-state index is 0.0804. The van der Waals surface area contributed by atoms with Crippen LogP contribution in [0.3, 0.4) is 0 Å². The van der Waals surface area contributed by atoms with Gasteiger partial charge in [-0.1, -0.05) is 12.1 Å². The zero-order chi connectivity index (χ0) is 17.7. The fourth-order valence-corrected chi connectivity index (χ4v) is 4.09. The number of pyridine rings is 1. The second-order valence-electron chi connectivity index (χ2n) is 6.77. The van der Waals surface area contributed by atoms with E-state index < -0.39 is 5.60 Å². The van der Waals surface area contributed by atoms with Crippen LogP contribution in [0.25, 0.3) is 0 Å². The van der Waals surface area contributed by atoms with Gasteiger partial charge in [-0.15, -0.1) is 11.3 Å². The Morgan fingerprint density at radius 3 is 3.00 bits per heavy atom. The van der Waals surface area contributed by atoms with Crippen molar-refractivity contribution in [3.8, 4) is 0 Å². The summed E-state index contributed by atoms with van der Waals surface area (Å²) in [5.74, 6) is 0.962. The molecule has 6 heteroatoms. The molecule has 0 radical (unpaired) electrons. The molecule has 5 nitrogen and oxygen atoms in total. The van der Waals surface area contributed by atoms with Crippen molar-refractivity contribution in [2.75, 3.05) is 31.6 Å². The summed E-state index contributed by atoms with van der Waals surface area (Å²) in [7, 11) is 1.79. The third-order valence-electron chi connectivity index (χ3n) is 4.65. The molecule has 2 aromatic rings. The number of likely N-dealkylation sites (N-methyl/N-ethyl adjacent to an activating group) is 1. The monoisotopic (exact) mass is 359 g/mol. The van der Waals surface area contributed by atoms with E-state index in [1.165, 1.54) is 4.88 Å². The lowest BCUT2D eigenvalue weighted by Gasteiger charge is -2.41. The molecule has 1 atom stereocenters. The van der Waals surface area contributed by atoms with Gasteiger partial charge in [-0.2, -0.15) is 0 Å². The highest BCUT2D eigenvalue weighted by Crippen LogP contribution is 2.25. The highest BCUT2D eigenvalue weighted by Gasteiger charge is 2.35. The van der Waals surface area contributed by atoms with Gasteiger partial charge in [-0.3, -0.25) is 4.79 Å². The number of nitrogens with zero attached hydrogens (tertiary/aromatic N) is 3. The lowest BCUT2D eigenvalue weighted by Crippen LogP contribution is -2.54. The van der Waals surface area contributed by atoms with Gasteiger partial charge in [0.1, 0.15) is 5.82 Å². The summed E-state index contributed by atoms with van der Waals surface area (Å²) >= 11 is 1.68. The first kappa shape index (κ1) is 17.9. The number of aliphatic hydroxyl groups is 1. The molecule has 0 aromatic carbocycles. The maximum absolute atomic E-state index is 12.4. The Morgan fingerprint density at radius 1 is 1.40 bits per heavy atom. The summed E-state index contributed by atoms with van der Waals surface area (Å²) in [6, 6.07) is 9.86. The van der Waals surface area contributed by atoms with Crippen molar-refractivity contribution in [3.05, 3.63) is 46.8 Å². The fourth-order valence-electron chi connectivity index (χ4n) is 3.38. The molecule has 1 fully saturated rings. The molecule has 0 saturated carbocycles. The Morgan fingerprint density at radius 2 is 2.28 bits per heavy atom. The molecule has 25 heavy (non-hydrogen) atoms. The van der Waals surface area contributed by atoms with Crippen molar-refractivity contribution in [1.29, 1.82) is 0 Å². The number of amides is 1. The number of hydrogen-bond acceptors (Lipinski definition) is 5. The molecule has 0 aliphatic carbocycles. The number of anilines is 1. The van der Waals surface area contributed by atoms with Crippen molar-refractivity contribution in [2.45, 2.75) is 31.3 Å². The van der Waals surface area contributed by atoms with Crippen LogP contribution in [-0.4, -0.2) is 53.2 Å². The molecule has 1 aliphatic rings. The van der Waals surface area contributed by atoms with E-state index in [9.17, 15) is 9.90 Å². The molecular formula is C19H25N3O2S. The molecule has 0 bridgehead atoms. The number of thiophene rings is 1. The zero-order valence-corrected chi connectivity index (χ0v) is 15.4. The lowest BCUT2D eigenvalue weighted by atomic mass is 9.92. The molecule has 1 amide bonds. The number of carbonyl (C=O) groups is 1. The number of aryl methyl sites for hydroxylation is 1. The van der Waals surface area contributed by atoms with Gasteiger partial charge in [0.15, 0.2) is 0 Å². The van der Waals surface area contributed by atoms with Crippen LogP contribution in [0, 0.1) is 0 Å². The Bertz CT molecular complexity index is 677. The van der Waals surface area contributed by atoms with Crippen molar-refractivity contribution < 1.29 is 9.90 Å². The van der Waals surface area contributed by atoms with E-state index in [4.69, 9.17) is 0 Å². The van der Waals surface area contributed by atoms with Crippen LogP contribution in [0.1, 0.15) is 24.1 Å². The average molecular weight is 359 g/mol. The fraction of sp³-hybridized carbons (Fsp3) is 0.474. The molecule has 1 N–H and O–H groups in total. The van der Waals surface area contributed by atoms with Crippen molar-refractivity contribution in [1.82, 2.24) is 9.88 Å². The topological polar surface area (TPSA) is 56.7 Å². The Hall–Kier alpha value is -1.92. The maximum Gasteiger partial charge on any atom is 0.222 e. The van der Waals surface area contributed by atoms with Crippen LogP contribution in [0.4, 0.5) is 5.82 Å². The van der Waals surface area contributed by atoms with Crippen molar-refractivity contribution in [3.63, 3.8) is 0 Å². The molecule has 2 aromatic heterocycles. The van der Waals surface area contributed by atoms with Gasteiger partial charge in [-0.25, -0.2) is 4.98 Å². The minimum atomic E-state index is -0.886. The van der Waals surface area contributed by atoms with Gasteiger partial charge >= 0.3 is 0 Å². The van der Waals surface area contributed by atoms with Crippen LogP contribution in [0.15, 0.2) is 41.9 Å². The number of β-amino-alcohol motifs (C(OH)–C–C–N with tert-alkyl or cyclic N) is 1. The highest BCUT2D eigenvalue weighted by molar-refractivity contribution is 7.09. The summed E-state index contributed by atoms with van der Waals surface area (Å²) < 4.78 is 0. The zero-order valence-electron chi connectivity index (χ0n) is 14.6. The predicted octanol–water partition coefficient (Wildman–Crippen LogP) is 2.57. The van der Waals surface area contributed by atoms with Gasteiger partial charge in [0.25, 0.3) is 0 Å². The van der Waals surface area contributed by atoms with E-state index in [0.29, 0.717) is 25.9 Å². The van der Waals surface area contributed by atoms with Crippen molar-refractivity contribution in [2.24, 2.45) is 0 Å². The molecule has 3 rings (SSSR count). The first-order valence-electron chi connectivity index (χ1n) is 8.70. The number of carbonyl (C=O) groups excluding carboxylic acids is 1. The quantitative estimate of drug-likeness (QED) is 0.861. The normalized spacial score (nSPS) is 20.5. The molecule has 0 spiro atoms. The number of aromatic nitrogens is 1. The average Bonchev–Trinajstić information content (AvgIpc) is 3.13. The molecular weight excluding hydrogens is 334 g/mol. The standard InChI is InChI=1S/C19H25N3O2S/c1-21(18(23)9-8-16-6-4-13-25-16)14-19(24)10-5-12-22(15-19)17-7-2-3-11-20-17/h2-4,6-7,11,13,24H,5,8-10,12,14-15H2,1H3/t19-/m0/s1. The smallest absolute Gasteiger partial charge is 0.222 e. The molecule has 1 saturated heterocycles. The SMILES string of the molecule is CN(C[C@@]1(O)CCCN(c2ccccn2)C1)C(=O)CCc1cccs1. The summed E-state index contributed by atoms with van der Waals surface area (Å²) in [5.41, 5.74) is -0.886. The van der Waals surface area contributed by atoms with Crippen LogP contribution in [0.2, 0.25) is 0 Å². The summed E-state index contributed by atoms with van der Waals surface area (Å²) in [6.45, 7) is 1.75. The lowest BCUT2D eigenvalue weighted by molar-refractivity contribution is -0.133. The second kappa shape index (κ2) is 7.97. The summed E-state index contributed by atoms with van der Waals surface area (Å²) in [4.78, 5) is 21.8. The van der Waals surface area contributed by atoms with E-state index in [2.05, 4.69) is 16.0 Å². The van der Waals surface area contributed by atoms with Gasteiger partial charge in [0.05, 0.1) is 12.1 Å². The van der Waals surface area contributed by atoms with Crippen molar-refractivity contribution >= 4 is 23.1 Å². The van der Waals surface area contributed by atoms with E-state index >= 15 is 0 Å². The predicted molar refractivity (Wildman–Crippen MR) is 101 cm³/mol. The first-order chi connectivity index (χ1) is 12.1. The molecule has 3 heterocycles. The van der Waals surface area contributed by atoms with Crippen LogP contribution < -0.4 is 4.90 Å².